The molecule has 3 fully saturated rings. The number of hydrogen-bond acceptors (Lipinski definition) is 7. The predicted molar refractivity (Wildman–Crippen MR) is 123 cm³/mol. The predicted octanol–water partition coefficient (Wildman–Crippen LogP) is 1.81. The molecule has 0 unspecified atom stereocenters. The normalized spacial score (nSPS) is 25.9. The highest BCUT2D eigenvalue weighted by molar-refractivity contribution is 7.91. The fraction of sp³-hybridized carbons (Fsp3) is 0.636. The molecular weight excluding hydrogens is 432 g/mol. The Morgan fingerprint density at radius 3 is 2.45 bits per heavy atom. The molecule has 0 bridgehead atoms. The quantitative estimate of drug-likeness (QED) is 0.690. The number of carbonyl (C=O) groups excluding carboxylic acids is 1. The molecule has 2 aromatic rings. The van der Waals surface area contributed by atoms with E-state index in [-0.39, 0.29) is 17.7 Å². The van der Waals surface area contributed by atoms with Crippen molar-refractivity contribution in [3.05, 3.63) is 29.3 Å². The lowest BCUT2D eigenvalue weighted by Crippen LogP contribution is -2.54. The fourth-order valence-electron chi connectivity index (χ4n) is 5.09. The first-order valence-electron chi connectivity index (χ1n) is 11.3. The van der Waals surface area contributed by atoms with Crippen LogP contribution in [-0.4, -0.2) is 97.4 Å². The maximum Gasteiger partial charge on any atom is 0.236 e. The lowest BCUT2D eigenvalue weighted by molar-refractivity contribution is -0.134. The average molecular weight is 463 g/mol. The van der Waals surface area contributed by atoms with Gasteiger partial charge >= 0.3 is 0 Å². The van der Waals surface area contributed by atoms with E-state index in [0.29, 0.717) is 31.3 Å². The number of amides is 1. The Labute approximate surface area is 187 Å². The van der Waals surface area contributed by atoms with E-state index >= 15 is 0 Å². The minimum absolute atomic E-state index is 0.142. The molecule has 0 radical (unpaired) electrons. The zero-order chi connectivity index (χ0) is 21.4. The first kappa shape index (κ1) is 21.3. The Morgan fingerprint density at radius 1 is 1.03 bits per heavy atom. The second-order valence-electron chi connectivity index (χ2n) is 9.04. The van der Waals surface area contributed by atoms with Crippen LogP contribution in [0.5, 0.6) is 0 Å². The molecule has 3 aliphatic rings. The van der Waals surface area contributed by atoms with Crippen LogP contribution < -0.4 is 0 Å². The number of piperazine rings is 1. The topological polar surface area (TPSA) is 73.8 Å². The van der Waals surface area contributed by atoms with Crippen LogP contribution in [0.15, 0.2) is 24.3 Å². The molecule has 1 atom stereocenters. The van der Waals surface area contributed by atoms with E-state index in [0.717, 1.165) is 51.0 Å². The second kappa shape index (κ2) is 8.77. The third-order valence-electron chi connectivity index (χ3n) is 7.00. The summed E-state index contributed by atoms with van der Waals surface area (Å²) in [7, 11) is -2.86. The number of aromatic nitrogens is 1. The first-order chi connectivity index (χ1) is 15.0. The van der Waals surface area contributed by atoms with E-state index < -0.39 is 9.84 Å². The summed E-state index contributed by atoms with van der Waals surface area (Å²) in [4.78, 5) is 24.2. The van der Waals surface area contributed by atoms with Crippen molar-refractivity contribution in [3.63, 3.8) is 0 Å². The van der Waals surface area contributed by atoms with Gasteiger partial charge in [-0.15, -0.1) is 11.3 Å². The average Bonchev–Trinajstić information content (AvgIpc) is 3.37. The van der Waals surface area contributed by atoms with Crippen molar-refractivity contribution in [2.24, 2.45) is 0 Å². The molecule has 1 amide bonds. The molecule has 168 valence electrons. The van der Waals surface area contributed by atoms with E-state index in [1.807, 2.05) is 11.0 Å². The summed E-state index contributed by atoms with van der Waals surface area (Å²) in [6, 6.07) is 8.46. The van der Waals surface area contributed by atoms with Gasteiger partial charge in [-0.1, -0.05) is 12.1 Å². The van der Waals surface area contributed by atoms with Gasteiger partial charge in [0.15, 0.2) is 9.84 Å². The third kappa shape index (κ3) is 4.79. The van der Waals surface area contributed by atoms with Gasteiger partial charge in [-0.3, -0.25) is 14.6 Å². The van der Waals surface area contributed by atoms with Gasteiger partial charge < -0.3 is 4.90 Å². The zero-order valence-electron chi connectivity index (χ0n) is 17.8. The molecular formula is C22H30N4O3S2. The minimum atomic E-state index is -2.86. The maximum absolute atomic E-state index is 12.8. The first-order valence-corrected chi connectivity index (χ1v) is 13.9. The number of carbonyl (C=O) groups is 1. The monoisotopic (exact) mass is 462 g/mol. The number of sulfone groups is 1. The molecule has 9 heteroatoms. The Bertz CT molecular complexity index is 1000. The number of piperidine rings is 1. The largest absolute Gasteiger partial charge is 0.339 e. The van der Waals surface area contributed by atoms with E-state index in [1.54, 1.807) is 11.3 Å². The molecule has 31 heavy (non-hydrogen) atoms. The number of rotatable bonds is 4. The molecule has 3 aliphatic heterocycles. The number of hydrogen-bond donors (Lipinski definition) is 0. The van der Waals surface area contributed by atoms with Crippen molar-refractivity contribution in [2.75, 3.05) is 57.3 Å². The maximum atomic E-state index is 12.8. The number of benzene rings is 1. The van der Waals surface area contributed by atoms with Gasteiger partial charge in [-0.05, 0) is 44.5 Å². The Morgan fingerprint density at radius 2 is 1.77 bits per heavy atom. The van der Waals surface area contributed by atoms with Crippen molar-refractivity contribution in [2.45, 2.75) is 31.2 Å². The summed E-state index contributed by atoms with van der Waals surface area (Å²) in [5.41, 5.74) is 1.09. The second-order valence-corrected chi connectivity index (χ2v) is 12.3. The molecule has 0 N–H and O–H groups in total. The lowest BCUT2D eigenvalue weighted by Gasteiger charge is -2.39. The smallest absolute Gasteiger partial charge is 0.236 e. The molecule has 3 saturated heterocycles. The van der Waals surface area contributed by atoms with Crippen LogP contribution in [-0.2, 0) is 14.6 Å². The van der Waals surface area contributed by atoms with Gasteiger partial charge in [0.1, 0.15) is 0 Å². The Balaban J connectivity index is 1.08. The van der Waals surface area contributed by atoms with Crippen LogP contribution in [0.4, 0.5) is 0 Å². The van der Waals surface area contributed by atoms with Crippen molar-refractivity contribution in [3.8, 4) is 0 Å². The molecule has 0 aliphatic carbocycles. The highest BCUT2D eigenvalue weighted by Gasteiger charge is 2.34. The standard InChI is InChI=1S/C22H30N4O3S2/c27-21(26-12-10-25(11-13-26)18-7-14-31(28,29)16-18)15-24-8-5-17(6-9-24)22-23-19-3-1-2-4-20(19)30-22/h1-4,17-18H,5-16H2/t18-/m1/s1. The van der Waals surface area contributed by atoms with Crippen molar-refractivity contribution < 1.29 is 13.2 Å². The molecule has 0 spiro atoms. The number of fused-ring (bicyclic) bond motifs is 1. The lowest BCUT2D eigenvalue weighted by atomic mass is 9.97. The van der Waals surface area contributed by atoms with Gasteiger partial charge in [0.25, 0.3) is 0 Å². The van der Waals surface area contributed by atoms with Crippen LogP contribution >= 0.6 is 11.3 Å². The molecule has 7 nitrogen and oxygen atoms in total. The summed E-state index contributed by atoms with van der Waals surface area (Å²) >= 11 is 1.80. The van der Waals surface area contributed by atoms with Crippen LogP contribution in [0.3, 0.4) is 0 Å². The number of nitrogens with zero attached hydrogens (tertiary/aromatic N) is 4. The van der Waals surface area contributed by atoms with Crippen LogP contribution in [0.1, 0.15) is 30.2 Å². The van der Waals surface area contributed by atoms with Crippen LogP contribution in [0.2, 0.25) is 0 Å². The summed E-state index contributed by atoms with van der Waals surface area (Å²) < 4.78 is 24.7. The molecule has 0 saturated carbocycles. The minimum Gasteiger partial charge on any atom is -0.339 e. The summed E-state index contributed by atoms with van der Waals surface area (Å²) in [6.45, 7) is 5.34. The van der Waals surface area contributed by atoms with Gasteiger partial charge in [0.05, 0.1) is 33.3 Å². The SMILES string of the molecule is O=C(CN1CCC(c2nc3ccccc3s2)CC1)N1CCN([C@@H]2CCS(=O)(=O)C2)CC1. The van der Waals surface area contributed by atoms with Gasteiger partial charge in [-0.25, -0.2) is 13.4 Å². The number of likely N-dealkylation sites (tertiary alicyclic amines) is 1. The van der Waals surface area contributed by atoms with Crippen LogP contribution in [0, 0.1) is 0 Å². The molecule has 1 aromatic heterocycles. The van der Waals surface area contributed by atoms with E-state index in [4.69, 9.17) is 4.98 Å². The molecule has 5 rings (SSSR count). The molecule has 4 heterocycles. The van der Waals surface area contributed by atoms with Crippen molar-refractivity contribution in [1.29, 1.82) is 0 Å². The van der Waals surface area contributed by atoms with Gasteiger partial charge in [0, 0.05) is 38.1 Å². The Kier molecular flexibility index (Phi) is 6.02. The van der Waals surface area contributed by atoms with E-state index in [9.17, 15) is 13.2 Å². The number of thiazole rings is 1. The Hall–Kier alpha value is -1.55. The van der Waals surface area contributed by atoms with Crippen molar-refractivity contribution in [1.82, 2.24) is 19.7 Å². The van der Waals surface area contributed by atoms with E-state index in [1.165, 1.54) is 9.71 Å². The summed E-state index contributed by atoms with van der Waals surface area (Å²) in [5, 5.41) is 1.23. The van der Waals surface area contributed by atoms with Crippen LogP contribution in [0.25, 0.3) is 10.2 Å². The van der Waals surface area contributed by atoms with Gasteiger partial charge in [0.2, 0.25) is 5.91 Å². The highest BCUT2D eigenvalue weighted by atomic mass is 32.2. The summed E-state index contributed by atoms with van der Waals surface area (Å²) in [6.07, 6.45) is 2.84. The third-order valence-corrected chi connectivity index (χ3v) is 9.95. The zero-order valence-corrected chi connectivity index (χ0v) is 19.4. The number of para-hydroxylation sites is 1. The van der Waals surface area contributed by atoms with E-state index in [2.05, 4.69) is 28.0 Å². The summed E-state index contributed by atoms with van der Waals surface area (Å²) in [5.74, 6) is 1.29. The van der Waals surface area contributed by atoms with Gasteiger partial charge in [-0.2, -0.15) is 0 Å². The molecule has 1 aromatic carbocycles. The fourth-order valence-corrected chi connectivity index (χ4v) is 7.99. The highest BCUT2D eigenvalue weighted by Crippen LogP contribution is 2.33. The van der Waals surface area contributed by atoms with Crippen molar-refractivity contribution >= 4 is 37.3 Å².